The van der Waals surface area contributed by atoms with Gasteiger partial charge in [0.15, 0.2) is 11.5 Å². The largest absolute Gasteiger partial charge is 0.493 e. The number of thiazole rings is 1. The van der Waals surface area contributed by atoms with Crippen molar-refractivity contribution >= 4 is 27.5 Å². The Labute approximate surface area is 149 Å². The molecule has 0 radical (unpaired) electrons. The molecule has 25 heavy (non-hydrogen) atoms. The van der Waals surface area contributed by atoms with Crippen molar-refractivity contribution in [1.82, 2.24) is 9.88 Å². The molecular formula is C19H18N2O3S. The lowest BCUT2D eigenvalue weighted by Crippen LogP contribution is -2.36. The van der Waals surface area contributed by atoms with Crippen molar-refractivity contribution in [1.29, 1.82) is 0 Å². The summed E-state index contributed by atoms with van der Waals surface area (Å²) in [7, 11) is 3.26. The third-order valence-electron chi connectivity index (χ3n) is 4.59. The molecular weight excluding hydrogens is 336 g/mol. The molecule has 2 heterocycles. The molecule has 1 aliphatic heterocycles. The van der Waals surface area contributed by atoms with E-state index in [4.69, 9.17) is 9.47 Å². The lowest BCUT2D eigenvalue weighted by Gasteiger charge is -2.29. The lowest BCUT2D eigenvalue weighted by molar-refractivity contribution is 0.0736. The molecule has 4 rings (SSSR count). The van der Waals surface area contributed by atoms with E-state index in [2.05, 4.69) is 4.98 Å². The number of aromatic nitrogens is 1. The normalized spacial score (nSPS) is 13.6. The number of carbonyl (C=O) groups excluding carboxylic acids is 1. The van der Waals surface area contributed by atoms with Crippen molar-refractivity contribution in [2.75, 3.05) is 20.8 Å². The minimum absolute atomic E-state index is 0.0512. The van der Waals surface area contributed by atoms with Gasteiger partial charge in [-0.05, 0) is 41.8 Å². The third kappa shape index (κ3) is 2.72. The molecule has 0 bridgehead atoms. The van der Waals surface area contributed by atoms with Crippen molar-refractivity contribution in [3.05, 3.63) is 52.5 Å². The minimum Gasteiger partial charge on any atom is -0.493 e. The van der Waals surface area contributed by atoms with E-state index in [9.17, 15) is 4.79 Å². The molecule has 128 valence electrons. The summed E-state index contributed by atoms with van der Waals surface area (Å²) < 4.78 is 11.7. The average Bonchev–Trinajstić information content (AvgIpc) is 3.14. The Morgan fingerprint density at radius 3 is 2.68 bits per heavy atom. The zero-order valence-electron chi connectivity index (χ0n) is 14.1. The SMILES string of the molecule is COc1cc2c(cc1OC)CN(C(=O)c1cccc3ncsc13)CC2. The molecule has 6 heteroatoms. The number of ether oxygens (including phenoxy) is 2. The number of fused-ring (bicyclic) bond motifs is 2. The van der Waals surface area contributed by atoms with Gasteiger partial charge in [-0.3, -0.25) is 4.79 Å². The number of nitrogens with zero attached hydrogens (tertiary/aromatic N) is 2. The topological polar surface area (TPSA) is 51.7 Å². The maximum atomic E-state index is 13.0. The van der Waals surface area contributed by atoms with E-state index in [-0.39, 0.29) is 5.91 Å². The number of hydrogen-bond donors (Lipinski definition) is 0. The fourth-order valence-electron chi connectivity index (χ4n) is 3.28. The first kappa shape index (κ1) is 15.9. The van der Waals surface area contributed by atoms with Crippen LogP contribution in [-0.2, 0) is 13.0 Å². The summed E-state index contributed by atoms with van der Waals surface area (Å²) in [6.45, 7) is 1.26. The number of rotatable bonds is 3. The third-order valence-corrected chi connectivity index (χ3v) is 5.47. The molecule has 3 aromatic rings. The summed E-state index contributed by atoms with van der Waals surface area (Å²) >= 11 is 1.51. The van der Waals surface area contributed by atoms with Gasteiger partial charge in [-0.1, -0.05) is 6.07 Å². The number of benzene rings is 2. The zero-order valence-corrected chi connectivity index (χ0v) is 14.9. The van der Waals surface area contributed by atoms with Gasteiger partial charge in [0.25, 0.3) is 5.91 Å². The van der Waals surface area contributed by atoms with Crippen molar-refractivity contribution < 1.29 is 14.3 Å². The van der Waals surface area contributed by atoms with Gasteiger partial charge in [-0.2, -0.15) is 0 Å². The first-order valence-electron chi connectivity index (χ1n) is 8.06. The summed E-state index contributed by atoms with van der Waals surface area (Å²) in [5, 5.41) is 0. The second-order valence-corrected chi connectivity index (χ2v) is 6.81. The summed E-state index contributed by atoms with van der Waals surface area (Å²) in [4.78, 5) is 19.2. The number of amides is 1. The fraction of sp³-hybridized carbons (Fsp3) is 0.263. The molecule has 0 saturated heterocycles. The Balaban J connectivity index is 1.66. The van der Waals surface area contributed by atoms with E-state index < -0.39 is 0 Å². The van der Waals surface area contributed by atoms with Crippen LogP contribution in [-0.4, -0.2) is 36.6 Å². The van der Waals surface area contributed by atoms with Gasteiger partial charge in [0.1, 0.15) is 0 Å². The molecule has 5 nitrogen and oxygen atoms in total. The molecule has 0 unspecified atom stereocenters. The Morgan fingerprint density at radius 1 is 1.16 bits per heavy atom. The number of carbonyl (C=O) groups is 1. The first-order chi connectivity index (χ1) is 12.2. The van der Waals surface area contributed by atoms with Crippen molar-refractivity contribution in [2.24, 2.45) is 0 Å². The van der Waals surface area contributed by atoms with Gasteiger partial charge < -0.3 is 14.4 Å². The number of hydrogen-bond acceptors (Lipinski definition) is 5. The highest BCUT2D eigenvalue weighted by Gasteiger charge is 2.25. The van der Waals surface area contributed by atoms with Gasteiger partial charge >= 0.3 is 0 Å². The maximum absolute atomic E-state index is 13.0. The lowest BCUT2D eigenvalue weighted by atomic mass is 9.98. The molecule has 0 spiro atoms. The van der Waals surface area contributed by atoms with Crippen molar-refractivity contribution in [3.8, 4) is 11.5 Å². The standard InChI is InChI=1S/C19H18N2O3S/c1-23-16-8-12-6-7-21(10-13(12)9-17(16)24-2)19(22)14-4-3-5-15-18(14)25-11-20-15/h3-5,8-9,11H,6-7,10H2,1-2H3. The van der Waals surface area contributed by atoms with Gasteiger partial charge in [0, 0.05) is 13.1 Å². The van der Waals surface area contributed by atoms with Crippen LogP contribution in [0.4, 0.5) is 0 Å². The van der Waals surface area contributed by atoms with E-state index in [1.807, 2.05) is 35.2 Å². The Bertz CT molecular complexity index is 951. The predicted molar refractivity (Wildman–Crippen MR) is 97.6 cm³/mol. The highest BCUT2D eigenvalue weighted by Crippen LogP contribution is 2.34. The molecule has 1 aromatic heterocycles. The van der Waals surface area contributed by atoms with Crippen LogP contribution in [0.15, 0.2) is 35.8 Å². The van der Waals surface area contributed by atoms with Crippen LogP contribution in [0.5, 0.6) is 11.5 Å². The second-order valence-electron chi connectivity index (χ2n) is 5.96. The molecule has 0 atom stereocenters. The van der Waals surface area contributed by atoms with Gasteiger partial charge in [-0.15, -0.1) is 11.3 Å². The molecule has 1 amide bonds. The average molecular weight is 354 g/mol. The Morgan fingerprint density at radius 2 is 1.92 bits per heavy atom. The van der Waals surface area contributed by atoms with E-state index in [0.717, 1.165) is 33.5 Å². The molecule has 1 aliphatic rings. The van der Waals surface area contributed by atoms with E-state index >= 15 is 0 Å². The highest BCUT2D eigenvalue weighted by atomic mass is 32.1. The highest BCUT2D eigenvalue weighted by molar-refractivity contribution is 7.17. The van der Waals surface area contributed by atoms with Crippen LogP contribution < -0.4 is 9.47 Å². The molecule has 0 N–H and O–H groups in total. The Kier molecular flexibility index (Phi) is 4.05. The van der Waals surface area contributed by atoms with Gasteiger partial charge in [-0.25, -0.2) is 4.98 Å². The fourth-order valence-corrected chi connectivity index (χ4v) is 4.08. The van der Waals surface area contributed by atoms with Crippen molar-refractivity contribution in [2.45, 2.75) is 13.0 Å². The molecule has 0 aliphatic carbocycles. The van der Waals surface area contributed by atoms with Crippen LogP contribution in [0.3, 0.4) is 0 Å². The van der Waals surface area contributed by atoms with E-state index in [1.165, 1.54) is 16.9 Å². The zero-order chi connectivity index (χ0) is 17.4. The monoisotopic (exact) mass is 354 g/mol. The molecule has 0 fully saturated rings. The van der Waals surface area contributed by atoms with E-state index in [0.29, 0.717) is 18.8 Å². The van der Waals surface area contributed by atoms with Crippen LogP contribution in [0.2, 0.25) is 0 Å². The summed E-state index contributed by atoms with van der Waals surface area (Å²) in [5.74, 6) is 1.48. The quantitative estimate of drug-likeness (QED) is 0.722. The van der Waals surface area contributed by atoms with Crippen LogP contribution in [0.1, 0.15) is 21.5 Å². The maximum Gasteiger partial charge on any atom is 0.255 e. The van der Waals surface area contributed by atoms with Crippen LogP contribution in [0, 0.1) is 0 Å². The Hall–Kier alpha value is -2.60. The molecule has 2 aromatic carbocycles. The van der Waals surface area contributed by atoms with Gasteiger partial charge in [0.05, 0.1) is 35.5 Å². The van der Waals surface area contributed by atoms with Gasteiger partial charge in [0.2, 0.25) is 0 Å². The predicted octanol–water partition coefficient (Wildman–Crippen LogP) is 3.51. The number of methoxy groups -OCH3 is 2. The van der Waals surface area contributed by atoms with Crippen LogP contribution in [0.25, 0.3) is 10.2 Å². The smallest absolute Gasteiger partial charge is 0.255 e. The summed E-state index contributed by atoms with van der Waals surface area (Å²) in [6, 6.07) is 9.69. The van der Waals surface area contributed by atoms with E-state index in [1.54, 1.807) is 19.7 Å². The van der Waals surface area contributed by atoms with Crippen LogP contribution >= 0.6 is 11.3 Å². The van der Waals surface area contributed by atoms with Crippen molar-refractivity contribution in [3.63, 3.8) is 0 Å². The first-order valence-corrected chi connectivity index (χ1v) is 8.94. The summed E-state index contributed by atoms with van der Waals surface area (Å²) in [5.41, 5.74) is 5.69. The minimum atomic E-state index is 0.0512. The summed E-state index contributed by atoms with van der Waals surface area (Å²) in [6.07, 6.45) is 0.806. The molecule has 0 saturated carbocycles. The second kappa shape index (κ2) is 6.37.